The molecule has 0 fully saturated rings. The third-order valence-electron chi connectivity index (χ3n) is 3.50. The molecule has 2 unspecified atom stereocenters. The van der Waals surface area contributed by atoms with Crippen LogP contribution in [0.2, 0.25) is 0 Å². The Kier molecular flexibility index (Phi) is 4.45. The number of carbonyl (C=O) groups is 2. The van der Waals surface area contributed by atoms with Gasteiger partial charge in [0.15, 0.2) is 0 Å². The number of carbonyl (C=O) groups excluding carboxylic acids is 2. The molecule has 0 bridgehead atoms. The number of fused-ring (bicyclic) bond motifs is 1. The van der Waals surface area contributed by atoms with E-state index in [9.17, 15) is 9.59 Å². The van der Waals surface area contributed by atoms with Crippen molar-refractivity contribution in [3.63, 3.8) is 0 Å². The summed E-state index contributed by atoms with van der Waals surface area (Å²) in [6.45, 7) is 2.72. The van der Waals surface area contributed by atoms with E-state index in [4.69, 9.17) is 5.73 Å². The maximum absolute atomic E-state index is 12.2. The molecule has 6 nitrogen and oxygen atoms in total. The van der Waals surface area contributed by atoms with E-state index >= 15 is 0 Å². The van der Waals surface area contributed by atoms with Gasteiger partial charge in [-0.2, -0.15) is 0 Å². The first-order valence-electron chi connectivity index (χ1n) is 6.73. The highest BCUT2D eigenvalue weighted by Crippen LogP contribution is 2.28. The van der Waals surface area contributed by atoms with E-state index < -0.39 is 6.03 Å². The van der Waals surface area contributed by atoms with Crippen molar-refractivity contribution in [1.29, 1.82) is 0 Å². The Morgan fingerprint density at radius 1 is 1.30 bits per heavy atom. The molecule has 1 aliphatic heterocycles. The number of rotatable bonds is 4. The lowest BCUT2D eigenvalue weighted by atomic mass is 9.87. The quantitative estimate of drug-likeness (QED) is 0.601. The highest BCUT2D eigenvalue weighted by molar-refractivity contribution is 5.81. The van der Waals surface area contributed by atoms with Crippen molar-refractivity contribution in [2.45, 2.75) is 19.4 Å². The van der Waals surface area contributed by atoms with Crippen molar-refractivity contribution < 1.29 is 9.59 Å². The number of hydrogen-bond donors (Lipinski definition) is 4. The lowest BCUT2D eigenvalue weighted by Gasteiger charge is -2.31. The van der Waals surface area contributed by atoms with Gasteiger partial charge in [0.25, 0.3) is 0 Å². The van der Waals surface area contributed by atoms with Gasteiger partial charge in [0, 0.05) is 24.8 Å². The number of nitrogens with one attached hydrogen (secondary N) is 3. The van der Waals surface area contributed by atoms with Gasteiger partial charge in [-0.1, -0.05) is 18.2 Å². The first-order chi connectivity index (χ1) is 9.58. The Morgan fingerprint density at radius 2 is 2.00 bits per heavy atom. The minimum atomic E-state index is -0.583. The molecule has 1 aromatic carbocycles. The zero-order chi connectivity index (χ0) is 14.5. The van der Waals surface area contributed by atoms with Crippen LogP contribution in [-0.2, 0) is 11.2 Å². The fraction of sp³-hybridized carbons (Fsp3) is 0.429. The van der Waals surface area contributed by atoms with E-state index in [0.29, 0.717) is 13.1 Å². The second kappa shape index (κ2) is 6.27. The van der Waals surface area contributed by atoms with Crippen molar-refractivity contribution >= 4 is 17.6 Å². The maximum Gasteiger partial charge on any atom is 0.312 e. The number of benzene rings is 1. The van der Waals surface area contributed by atoms with Gasteiger partial charge in [0.2, 0.25) is 5.91 Å². The molecule has 2 rings (SSSR count). The number of hydrogen-bond acceptors (Lipinski definition) is 3. The number of urea groups is 1. The second-order valence-corrected chi connectivity index (χ2v) is 4.98. The zero-order valence-electron chi connectivity index (χ0n) is 11.5. The average molecular weight is 276 g/mol. The normalized spacial score (nSPS) is 20.4. The standard InChI is InChI=1S/C14H20N4O2/c1-9-11(13(19)16-6-7-17-14(15)20)8-10-4-2-3-5-12(10)18-9/h2-5,9,11,18H,6-8H2,1H3,(H,16,19)(H3,15,17,20). The monoisotopic (exact) mass is 276 g/mol. The van der Waals surface area contributed by atoms with Crippen LogP contribution in [0.4, 0.5) is 10.5 Å². The molecule has 0 aliphatic carbocycles. The molecular formula is C14H20N4O2. The van der Waals surface area contributed by atoms with E-state index in [1.54, 1.807) is 0 Å². The fourth-order valence-corrected chi connectivity index (χ4v) is 2.42. The second-order valence-electron chi connectivity index (χ2n) is 4.98. The lowest BCUT2D eigenvalue weighted by molar-refractivity contribution is -0.125. The molecule has 0 aromatic heterocycles. The first kappa shape index (κ1) is 14.2. The minimum absolute atomic E-state index is 0.00854. The Morgan fingerprint density at radius 3 is 2.75 bits per heavy atom. The van der Waals surface area contributed by atoms with E-state index in [1.807, 2.05) is 31.2 Å². The minimum Gasteiger partial charge on any atom is -0.382 e. The van der Waals surface area contributed by atoms with Crippen molar-refractivity contribution in [2.24, 2.45) is 11.7 Å². The van der Waals surface area contributed by atoms with Crippen LogP contribution >= 0.6 is 0 Å². The smallest absolute Gasteiger partial charge is 0.312 e. The van der Waals surface area contributed by atoms with E-state index in [-0.39, 0.29) is 17.9 Å². The van der Waals surface area contributed by atoms with Crippen molar-refractivity contribution in [3.05, 3.63) is 29.8 Å². The number of anilines is 1. The van der Waals surface area contributed by atoms with Gasteiger partial charge in [-0.3, -0.25) is 4.79 Å². The van der Waals surface area contributed by atoms with Gasteiger partial charge < -0.3 is 21.7 Å². The Bertz CT molecular complexity index is 504. The average Bonchev–Trinajstić information content (AvgIpc) is 2.42. The molecule has 3 amide bonds. The number of nitrogens with two attached hydrogens (primary N) is 1. The third kappa shape index (κ3) is 3.40. The summed E-state index contributed by atoms with van der Waals surface area (Å²) in [5, 5.41) is 8.61. The van der Waals surface area contributed by atoms with Crippen LogP contribution in [0.1, 0.15) is 12.5 Å². The summed E-state index contributed by atoms with van der Waals surface area (Å²) in [4.78, 5) is 22.7. The predicted octanol–water partition coefficient (Wildman–Crippen LogP) is 0.444. The molecule has 1 aliphatic rings. The third-order valence-corrected chi connectivity index (χ3v) is 3.50. The van der Waals surface area contributed by atoms with Crippen molar-refractivity contribution in [1.82, 2.24) is 10.6 Å². The summed E-state index contributed by atoms with van der Waals surface area (Å²) in [5.41, 5.74) is 7.20. The predicted molar refractivity (Wildman–Crippen MR) is 77.3 cm³/mol. The Labute approximate surface area is 118 Å². The summed E-state index contributed by atoms with van der Waals surface area (Å²) in [5.74, 6) is -0.121. The molecule has 5 N–H and O–H groups in total. The maximum atomic E-state index is 12.2. The van der Waals surface area contributed by atoms with Crippen molar-refractivity contribution in [2.75, 3.05) is 18.4 Å². The first-order valence-corrected chi connectivity index (χ1v) is 6.73. The molecule has 1 heterocycles. The van der Waals surface area contributed by atoms with Gasteiger partial charge in [-0.25, -0.2) is 4.79 Å². The fourth-order valence-electron chi connectivity index (χ4n) is 2.42. The van der Waals surface area contributed by atoms with E-state index in [1.165, 1.54) is 0 Å². The summed E-state index contributed by atoms with van der Waals surface area (Å²) < 4.78 is 0. The van der Waals surface area contributed by atoms with Gasteiger partial charge in [-0.15, -0.1) is 0 Å². The topological polar surface area (TPSA) is 96.2 Å². The molecular weight excluding hydrogens is 256 g/mol. The largest absolute Gasteiger partial charge is 0.382 e. The van der Waals surface area contributed by atoms with Gasteiger partial charge >= 0.3 is 6.03 Å². The van der Waals surface area contributed by atoms with Gasteiger partial charge in [-0.05, 0) is 25.0 Å². The van der Waals surface area contributed by atoms with Crippen LogP contribution < -0.4 is 21.7 Å². The van der Waals surface area contributed by atoms with Crippen LogP contribution in [0.5, 0.6) is 0 Å². The number of para-hydroxylation sites is 1. The molecule has 0 radical (unpaired) electrons. The highest BCUT2D eigenvalue weighted by atomic mass is 16.2. The zero-order valence-corrected chi connectivity index (χ0v) is 11.5. The molecule has 20 heavy (non-hydrogen) atoms. The molecule has 0 saturated carbocycles. The lowest BCUT2D eigenvalue weighted by Crippen LogP contribution is -2.45. The summed E-state index contributed by atoms with van der Waals surface area (Å²) in [6, 6.07) is 7.51. The Hall–Kier alpha value is -2.24. The Balaban J connectivity index is 1.89. The van der Waals surface area contributed by atoms with Gasteiger partial charge in [0.1, 0.15) is 0 Å². The molecule has 108 valence electrons. The SMILES string of the molecule is CC1Nc2ccccc2CC1C(=O)NCCNC(N)=O. The van der Waals surface area contributed by atoms with Crippen LogP contribution in [0, 0.1) is 5.92 Å². The summed E-state index contributed by atoms with van der Waals surface area (Å²) in [6.07, 6.45) is 0.722. The van der Waals surface area contributed by atoms with E-state index in [0.717, 1.165) is 17.7 Å². The van der Waals surface area contributed by atoms with Crippen LogP contribution in [0.15, 0.2) is 24.3 Å². The number of primary amides is 1. The molecule has 1 aromatic rings. The molecule has 0 spiro atoms. The van der Waals surface area contributed by atoms with Gasteiger partial charge in [0.05, 0.1) is 5.92 Å². The molecule has 6 heteroatoms. The van der Waals surface area contributed by atoms with Crippen LogP contribution in [-0.4, -0.2) is 31.1 Å². The molecule has 2 atom stereocenters. The van der Waals surface area contributed by atoms with E-state index in [2.05, 4.69) is 16.0 Å². The molecule has 0 saturated heterocycles. The van der Waals surface area contributed by atoms with Crippen LogP contribution in [0.25, 0.3) is 0 Å². The summed E-state index contributed by atoms with van der Waals surface area (Å²) >= 11 is 0. The van der Waals surface area contributed by atoms with Crippen LogP contribution in [0.3, 0.4) is 0 Å². The highest BCUT2D eigenvalue weighted by Gasteiger charge is 2.29. The van der Waals surface area contributed by atoms with Crippen molar-refractivity contribution in [3.8, 4) is 0 Å². The number of amides is 3. The summed E-state index contributed by atoms with van der Waals surface area (Å²) in [7, 11) is 0.